The van der Waals surface area contributed by atoms with E-state index in [1.54, 1.807) is 4.90 Å². The number of cyclic esters (lactones) is 1. The average molecular weight is 407 g/mol. The van der Waals surface area contributed by atoms with E-state index in [0.29, 0.717) is 0 Å². The quantitative estimate of drug-likeness (QED) is 0.789. The molecule has 2 heterocycles. The number of carbonyl (C=O) groups is 4. The highest BCUT2D eigenvalue weighted by molar-refractivity contribution is 6.00. The third kappa shape index (κ3) is 4.03. The van der Waals surface area contributed by atoms with Crippen LogP contribution in [-0.4, -0.2) is 48.4 Å². The highest BCUT2D eigenvalue weighted by Crippen LogP contribution is 2.26. The minimum Gasteiger partial charge on any atom is -0.439 e. The standard InChI is InChI=1S/C22H21N3O5/c26-19-11-16(12-24(19)17-9-5-2-6-10-17)21(28)23-18(15-7-3-1-4-8-15)13-25-20(27)14-30-22(25)29/h1-10,16,18H,11-14H2,(H,23,28). The maximum absolute atomic E-state index is 13.0. The Labute approximate surface area is 173 Å². The molecule has 2 aromatic rings. The van der Waals surface area contributed by atoms with Gasteiger partial charge < -0.3 is 15.0 Å². The Balaban J connectivity index is 1.49. The number of hydrogen-bond acceptors (Lipinski definition) is 5. The van der Waals surface area contributed by atoms with Gasteiger partial charge in [-0.15, -0.1) is 0 Å². The number of benzene rings is 2. The van der Waals surface area contributed by atoms with Gasteiger partial charge in [-0.1, -0.05) is 48.5 Å². The van der Waals surface area contributed by atoms with Gasteiger partial charge in [-0.2, -0.15) is 0 Å². The molecule has 2 saturated heterocycles. The first-order valence-electron chi connectivity index (χ1n) is 9.71. The number of amides is 4. The van der Waals surface area contributed by atoms with Crippen LogP contribution in [-0.2, 0) is 19.1 Å². The smallest absolute Gasteiger partial charge is 0.417 e. The topological polar surface area (TPSA) is 96.0 Å². The van der Waals surface area contributed by atoms with Gasteiger partial charge >= 0.3 is 6.09 Å². The van der Waals surface area contributed by atoms with Crippen molar-refractivity contribution in [1.82, 2.24) is 10.2 Å². The van der Waals surface area contributed by atoms with E-state index >= 15 is 0 Å². The first kappa shape index (κ1) is 19.6. The second kappa shape index (κ2) is 8.36. The maximum Gasteiger partial charge on any atom is 0.417 e. The van der Waals surface area contributed by atoms with Crippen LogP contribution in [0.3, 0.4) is 0 Å². The molecule has 2 unspecified atom stereocenters. The molecule has 0 aromatic heterocycles. The second-order valence-electron chi connectivity index (χ2n) is 7.27. The van der Waals surface area contributed by atoms with Crippen molar-refractivity contribution in [2.45, 2.75) is 12.5 Å². The highest BCUT2D eigenvalue weighted by atomic mass is 16.6. The Morgan fingerprint density at radius 2 is 1.67 bits per heavy atom. The predicted octanol–water partition coefficient (Wildman–Crippen LogP) is 1.88. The summed E-state index contributed by atoms with van der Waals surface area (Å²) in [4.78, 5) is 51.8. The predicted molar refractivity (Wildman–Crippen MR) is 107 cm³/mol. The van der Waals surface area contributed by atoms with Crippen LogP contribution >= 0.6 is 0 Å². The van der Waals surface area contributed by atoms with Gasteiger partial charge in [0.1, 0.15) is 0 Å². The highest BCUT2D eigenvalue weighted by Gasteiger charge is 2.38. The van der Waals surface area contributed by atoms with Crippen LogP contribution in [0.2, 0.25) is 0 Å². The molecule has 0 bridgehead atoms. The van der Waals surface area contributed by atoms with Crippen molar-refractivity contribution in [3.8, 4) is 0 Å². The lowest BCUT2D eigenvalue weighted by Gasteiger charge is -2.24. The van der Waals surface area contributed by atoms with Crippen molar-refractivity contribution in [2.24, 2.45) is 5.92 Å². The van der Waals surface area contributed by atoms with Crippen molar-refractivity contribution in [1.29, 1.82) is 0 Å². The van der Waals surface area contributed by atoms with Crippen LogP contribution in [0, 0.1) is 5.92 Å². The maximum atomic E-state index is 13.0. The third-order valence-corrected chi connectivity index (χ3v) is 5.29. The van der Waals surface area contributed by atoms with Crippen LogP contribution in [0.4, 0.5) is 10.5 Å². The van der Waals surface area contributed by atoms with E-state index in [4.69, 9.17) is 4.74 Å². The Hall–Kier alpha value is -3.68. The summed E-state index contributed by atoms with van der Waals surface area (Å²) in [7, 11) is 0. The fraction of sp³-hybridized carbons (Fsp3) is 0.273. The summed E-state index contributed by atoms with van der Waals surface area (Å²) >= 11 is 0. The van der Waals surface area contributed by atoms with Gasteiger partial charge in [0, 0.05) is 18.7 Å². The van der Waals surface area contributed by atoms with Crippen LogP contribution in [0.25, 0.3) is 0 Å². The van der Waals surface area contributed by atoms with Crippen molar-refractivity contribution in [3.63, 3.8) is 0 Å². The van der Waals surface area contributed by atoms with Crippen molar-refractivity contribution in [2.75, 3.05) is 24.6 Å². The van der Waals surface area contributed by atoms with E-state index in [1.807, 2.05) is 60.7 Å². The number of imide groups is 1. The fourth-order valence-electron chi connectivity index (χ4n) is 3.69. The summed E-state index contributed by atoms with van der Waals surface area (Å²) in [5, 5.41) is 2.92. The molecule has 1 N–H and O–H groups in total. The monoisotopic (exact) mass is 407 g/mol. The SMILES string of the molecule is O=C(NC(CN1C(=O)COC1=O)c1ccccc1)C1CC(=O)N(c2ccccc2)C1. The largest absolute Gasteiger partial charge is 0.439 e. The van der Waals surface area contributed by atoms with Gasteiger partial charge in [0.2, 0.25) is 11.8 Å². The minimum atomic E-state index is -0.721. The molecule has 0 aliphatic carbocycles. The Bertz CT molecular complexity index is 947. The number of anilines is 1. The molecule has 30 heavy (non-hydrogen) atoms. The van der Waals surface area contributed by atoms with Gasteiger partial charge in [0.05, 0.1) is 18.5 Å². The summed E-state index contributed by atoms with van der Waals surface area (Å²) in [6, 6.07) is 17.7. The van der Waals surface area contributed by atoms with E-state index < -0.39 is 24.0 Å². The van der Waals surface area contributed by atoms with Crippen LogP contribution in [0.5, 0.6) is 0 Å². The summed E-state index contributed by atoms with van der Waals surface area (Å²) < 4.78 is 4.77. The average Bonchev–Trinajstić information content (AvgIpc) is 3.31. The molecule has 4 amide bonds. The third-order valence-electron chi connectivity index (χ3n) is 5.29. The molecule has 8 heteroatoms. The molecule has 4 rings (SSSR count). The molecule has 0 spiro atoms. The van der Waals surface area contributed by atoms with Gasteiger partial charge in [-0.3, -0.25) is 14.4 Å². The zero-order chi connectivity index (χ0) is 21.1. The van der Waals surface area contributed by atoms with Gasteiger partial charge in [-0.05, 0) is 17.7 Å². The zero-order valence-corrected chi connectivity index (χ0v) is 16.2. The normalized spacial score (nSPS) is 19.7. The summed E-state index contributed by atoms with van der Waals surface area (Å²) in [6.45, 7) is -0.0468. The molecule has 8 nitrogen and oxygen atoms in total. The molecule has 2 aliphatic heterocycles. The Morgan fingerprint density at radius 1 is 1.00 bits per heavy atom. The van der Waals surface area contributed by atoms with E-state index in [0.717, 1.165) is 16.2 Å². The molecular formula is C22H21N3O5. The second-order valence-corrected chi connectivity index (χ2v) is 7.27. The Morgan fingerprint density at radius 3 is 2.30 bits per heavy atom. The summed E-state index contributed by atoms with van der Waals surface area (Å²) in [5.41, 5.74) is 1.51. The van der Waals surface area contributed by atoms with Crippen molar-refractivity contribution in [3.05, 3.63) is 66.2 Å². The zero-order valence-electron chi connectivity index (χ0n) is 16.2. The minimum absolute atomic E-state index is 0.0313. The van der Waals surface area contributed by atoms with Crippen molar-refractivity contribution < 1.29 is 23.9 Å². The number of hydrogen-bond donors (Lipinski definition) is 1. The Kier molecular flexibility index (Phi) is 5.47. The van der Waals surface area contributed by atoms with Crippen LogP contribution in [0.15, 0.2) is 60.7 Å². The number of carbonyl (C=O) groups excluding carboxylic acids is 4. The molecule has 2 fully saturated rings. The van der Waals surface area contributed by atoms with Crippen LogP contribution < -0.4 is 10.2 Å². The first-order valence-corrected chi connectivity index (χ1v) is 9.71. The molecule has 2 aromatic carbocycles. The number of rotatable bonds is 6. The van der Waals surface area contributed by atoms with E-state index in [2.05, 4.69) is 5.32 Å². The number of nitrogens with zero attached hydrogens (tertiary/aromatic N) is 2. The molecular weight excluding hydrogens is 386 g/mol. The number of nitrogens with one attached hydrogen (secondary N) is 1. The molecule has 2 atom stereocenters. The first-order chi connectivity index (χ1) is 14.5. The number of ether oxygens (including phenoxy) is 1. The lowest BCUT2D eigenvalue weighted by molar-refractivity contribution is -0.128. The molecule has 2 aliphatic rings. The fourth-order valence-corrected chi connectivity index (χ4v) is 3.69. The summed E-state index contributed by atoms with van der Waals surface area (Å²) in [6.07, 6.45) is -0.617. The van der Waals surface area contributed by atoms with Gasteiger partial charge in [-0.25, -0.2) is 9.69 Å². The lowest BCUT2D eigenvalue weighted by atomic mass is 10.0. The molecule has 154 valence electrons. The van der Waals surface area contributed by atoms with E-state index in [1.165, 1.54) is 0 Å². The van der Waals surface area contributed by atoms with Crippen LogP contribution in [0.1, 0.15) is 18.0 Å². The molecule has 0 saturated carbocycles. The van der Waals surface area contributed by atoms with E-state index in [9.17, 15) is 19.2 Å². The number of para-hydroxylation sites is 1. The van der Waals surface area contributed by atoms with Gasteiger partial charge in [0.15, 0.2) is 6.61 Å². The summed E-state index contributed by atoms with van der Waals surface area (Å²) in [5.74, 6) is -1.38. The molecule has 0 radical (unpaired) electrons. The van der Waals surface area contributed by atoms with E-state index in [-0.39, 0.29) is 37.9 Å². The van der Waals surface area contributed by atoms with Gasteiger partial charge in [0.25, 0.3) is 5.91 Å². The van der Waals surface area contributed by atoms with Crippen molar-refractivity contribution >= 4 is 29.5 Å². The lowest BCUT2D eigenvalue weighted by Crippen LogP contribution is -2.42.